The Morgan fingerprint density at radius 3 is 1.76 bits per heavy atom. The number of aryl methyl sites for hydroxylation is 1. The van der Waals surface area contributed by atoms with Crippen molar-refractivity contribution in [2.45, 2.75) is 26.5 Å². The molecular weight excluding hydrogens is 292 g/mol. The zero-order valence-corrected chi connectivity index (χ0v) is 13.5. The predicted molar refractivity (Wildman–Crippen MR) is 92.3 cm³/mol. The number of benzene rings is 3. The lowest BCUT2D eigenvalue weighted by molar-refractivity contribution is 1.16. The van der Waals surface area contributed by atoms with Gasteiger partial charge in [-0.25, -0.2) is 0 Å². The molecule has 0 unspecified atom stereocenters. The van der Waals surface area contributed by atoms with E-state index in [9.17, 15) is 0 Å². The quantitative estimate of drug-likeness (QED) is 0.555. The SMILES string of the molecule is Cc1cccc(Sc2ccccc2)c1Sc1ccccc1. The van der Waals surface area contributed by atoms with Crippen molar-refractivity contribution >= 4 is 23.5 Å². The van der Waals surface area contributed by atoms with E-state index in [1.54, 1.807) is 0 Å². The standard InChI is InChI=1S/C19H16S2/c1-15-9-8-14-18(20-16-10-4-2-5-11-16)19(15)21-17-12-6-3-7-13-17/h2-14H,1H3. The van der Waals surface area contributed by atoms with Gasteiger partial charge in [0.15, 0.2) is 0 Å². The molecule has 0 bridgehead atoms. The van der Waals surface area contributed by atoms with E-state index in [-0.39, 0.29) is 0 Å². The highest BCUT2D eigenvalue weighted by molar-refractivity contribution is 8.02. The maximum absolute atomic E-state index is 2.20. The highest BCUT2D eigenvalue weighted by Gasteiger charge is 2.09. The van der Waals surface area contributed by atoms with Crippen LogP contribution in [0.15, 0.2) is 98.4 Å². The van der Waals surface area contributed by atoms with Crippen molar-refractivity contribution in [3.05, 3.63) is 84.4 Å². The van der Waals surface area contributed by atoms with Crippen LogP contribution >= 0.6 is 23.5 Å². The minimum absolute atomic E-state index is 1.28. The Hall–Kier alpha value is -1.64. The molecule has 0 atom stereocenters. The molecule has 2 heteroatoms. The number of hydrogen-bond acceptors (Lipinski definition) is 2. The van der Waals surface area contributed by atoms with Crippen LogP contribution in [-0.2, 0) is 0 Å². The number of hydrogen-bond donors (Lipinski definition) is 0. The molecule has 0 radical (unpaired) electrons. The average molecular weight is 308 g/mol. The lowest BCUT2D eigenvalue weighted by atomic mass is 10.2. The van der Waals surface area contributed by atoms with Crippen molar-refractivity contribution in [1.29, 1.82) is 0 Å². The normalized spacial score (nSPS) is 10.5. The third-order valence-corrected chi connectivity index (χ3v) is 5.56. The highest BCUT2D eigenvalue weighted by Crippen LogP contribution is 2.40. The van der Waals surface area contributed by atoms with Gasteiger partial charge < -0.3 is 0 Å². The summed E-state index contributed by atoms with van der Waals surface area (Å²) in [6.07, 6.45) is 0. The molecule has 3 rings (SSSR count). The van der Waals surface area contributed by atoms with Crippen LogP contribution in [0.5, 0.6) is 0 Å². The van der Waals surface area contributed by atoms with Crippen molar-refractivity contribution in [3.63, 3.8) is 0 Å². The van der Waals surface area contributed by atoms with Crippen LogP contribution in [0.1, 0.15) is 5.56 Å². The average Bonchev–Trinajstić information content (AvgIpc) is 2.53. The summed E-state index contributed by atoms with van der Waals surface area (Å²) >= 11 is 3.67. The molecule has 0 aliphatic rings. The van der Waals surface area contributed by atoms with Crippen molar-refractivity contribution in [3.8, 4) is 0 Å². The first-order chi connectivity index (χ1) is 10.3. The van der Waals surface area contributed by atoms with Gasteiger partial charge in [-0.1, -0.05) is 72.1 Å². The second kappa shape index (κ2) is 6.88. The zero-order valence-electron chi connectivity index (χ0n) is 11.8. The van der Waals surface area contributed by atoms with E-state index in [1.807, 2.05) is 23.5 Å². The first kappa shape index (κ1) is 14.3. The summed E-state index contributed by atoms with van der Waals surface area (Å²) in [6, 6.07) is 27.6. The Labute approximate surface area is 134 Å². The molecule has 3 aromatic rings. The fraction of sp³-hybridized carbons (Fsp3) is 0.0526. The van der Waals surface area contributed by atoms with Crippen molar-refractivity contribution in [1.82, 2.24) is 0 Å². The third-order valence-electron chi connectivity index (χ3n) is 3.11. The van der Waals surface area contributed by atoms with Crippen LogP contribution in [-0.4, -0.2) is 0 Å². The molecule has 0 amide bonds. The van der Waals surface area contributed by atoms with Crippen LogP contribution < -0.4 is 0 Å². The van der Waals surface area contributed by atoms with Gasteiger partial charge in [0.25, 0.3) is 0 Å². The largest absolute Gasteiger partial charge is 0.0889 e. The van der Waals surface area contributed by atoms with Gasteiger partial charge >= 0.3 is 0 Å². The third kappa shape index (κ3) is 3.72. The van der Waals surface area contributed by atoms with Gasteiger partial charge in [-0.3, -0.25) is 0 Å². The molecule has 0 aromatic heterocycles. The molecule has 0 fully saturated rings. The van der Waals surface area contributed by atoms with Crippen molar-refractivity contribution < 1.29 is 0 Å². The fourth-order valence-corrected chi connectivity index (χ4v) is 4.18. The Balaban J connectivity index is 1.92. The highest BCUT2D eigenvalue weighted by atomic mass is 32.2. The van der Waals surface area contributed by atoms with Gasteiger partial charge in [0, 0.05) is 19.6 Å². The molecule has 0 saturated carbocycles. The van der Waals surface area contributed by atoms with E-state index < -0.39 is 0 Å². The Morgan fingerprint density at radius 2 is 1.14 bits per heavy atom. The minimum Gasteiger partial charge on any atom is -0.0889 e. The summed E-state index contributed by atoms with van der Waals surface area (Å²) < 4.78 is 0. The zero-order chi connectivity index (χ0) is 14.5. The first-order valence-electron chi connectivity index (χ1n) is 6.88. The van der Waals surface area contributed by atoms with Crippen LogP contribution in [0.25, 0.3) is 0 Å². The second-order valence-electron chi connectivity index (χ2n) is 4.73. The Kier molecular flexibility index (Phi) is 4.69. The van der Waals surface area contributed by atoms with E-state index in [0.717, 1.165) is 0 Å². The summed E-state index contributed by atoms with van der Waals surface area (Å²) in [5, 5.41) is 0. The van der Waals surface area contributed by atoms with Crippen LogP contribution in [0.4, 0.5) is 0 Å². The molecule has 0 spiro atoms. The molecule has 0 aliphatic heterocycles. The van der Waals surface area contributed by atoms with Gasteiger partial charge in [0.05, 0.1) is 0 Å². The summed E-state index contributed by atoms with van der Waals surface area (Å²) in [6.45, 7) is 2.18. The van der Waals surface area contributed by atoms with Gasteiger partial charge in [0.1, 0.15) is 0 Å². The van der Waals surface area contributed by atoms with E-state index >= 15 is 0 Å². The fourth-order valence-electron chi connectivity index (χ4n) is 2.06. The molecular formula is C19H16S2. The predicted octanol–water partition coefficient (Wildman–Crippen LogP) is 6.30. The molecule has 0 N–H and O–H groups in total. The summed E-state index contributed by atoms with van der Waals surface area (Å²) in [4.78, 5) is 5.22. The lowest BCUT2D eigenvalue weighted by Crippen LogP contribution is -1.84. The maximum atomic E-state index is 2.20. The van der Waals surface area contributed by atoms with Gasteiger partial charge in [-0.15, -0.1) is 0 Å². The van der Waals surface area contributed by atoms with Crippen LogP contribution in [0.3, 0.4) is 0 Å². The van der Waals surface area contributed by atoms with Crippen molar-refractivity contribution in [2.75, 3.05) is 0 Å². The second-order valence-corrected chi connectivity index (χ2v) is 6.93. The summed E-state index contributed by atoms with van der Waals surface area (Å²) in [7, 11) is 0. The molecule has 0 saturated heterocycles. The molecule has 21 heavy (non-hydrogen) atoms. The summed E-state index contributed by atoms with van der Waals surface area (Å²) in [5.74, 6) is 0. The smallest absolute Gasteiger partial charge is 0.0291 e. The Bertz CT molecular complexity index is 706. The van der Waals surface area contributed by atoms with Crippen LogP contribution in [0, 0.1) is 6.92 Å². The summed E-state index contributed by atoms with van der Waals surface area (Å²) in [5.41, 5.74) is 1.32. The van der Waals surface area contributed by atoms with E-state index in [0.29, 0.717) is 0 Å². The first-order valence-corrected chi connectivity index (χ1v) is 8.51. The Morgan fingerprint density at radius 1 is 0.571 bits per heavy atom. The van der Waals surface area contributed by atoms with E-state index in [2.05, 4.69) is 85.8 Å². The van der Waals surface area contributed by atoms with Gasteiger partial charge in [-0.05, 0) is 42.8 Å². The molecule has 0 aliphatic carbocycles. The van der Waals surface area contributed by atoms with Gasteiger partial charge in [-0.2, -0.15) is 0 Å². The molecule has 104 valence electrons. The maximum Gasteiger partial charge on any atom is 0.0291 e. The molecule has 3 aromatic carbocycles. The topological polar surface area (TPSA) is 0 Å². The van der Waals surface area contributed by atoms with Gasteiger partial charge in [0.2, 0.25) is 0 Å². The molecule has 0 nitrogen and oxygen atoms in total. The lowest BCUT2D eigenvalue weighted by Gasteiger charge is -2.12. The van der Waals surface area contributed by atoms with E-state index in [1.165, 1.54) is 25.1 Å². The van der Waals surface area contributed by atoms with Crippen LogP contribution in [0.2, 0.25) is 0 Å². The number of rotatable bonds is 4. The van der Waals surface area contributed by atoms with Crippen molar-refractivity contribution in [2.24, 2.45) is 0 Å². The molecule has 0 heterocycles. The minimum atomic E-state index is 1.28. The van der Waals surface area contributed by atoms with E-state index in [4.69, 9.17) is 0 Å². The monoisotopic (exact) mass is 308 g/mol.